The smallest absolute Gasteiger partial charge is 0.317 e. The van der Waals surface area contributed by atoms with Crippen LogP contribution in [-0.4, -0.2) is 59.2 Å². The minimum absolute atomic E-state index is 0.118. The van der Waals surface area contributed by atoms with Gasteiger partial charge in [-0.05, 0) is 36.9 Å². The van der Waals surface area contributed by atoms with E-state index in [2.05, 4.69) is 51.5 Å². The van der Waals surface area contributed by atoms with E-state index in [0.29, 0.717) is 37.1 Å². The van der Waals surface area contributed by atoms with Gasteiger partial charge < -0.3 is 19.6 Å². The van der Waals surface area contributed by atoms with Crippen molar-refractivity contribution in [1.82, 2.24) is 25.3 Å². The molecule has 1 aromatic heterocycles. The number of likely N-dealkylation sites (tertiary alicyclic amines) is 1. The van der Waals surface area contributed by atoms with Gasteiger partial charge in [-0.1, -0.05) is 36.3 Å². The predicted octanol–water partition coefficient (Wildman–Crippen LogP) is 2.57. The number of hydrogen-bond donors (Lipinski definition) is 1. The molecule has 1 atom stereocenters. The van der Waals surface area contributed by atoms with E-state index in [1.807, 2.05) is 6.92 Å². The molecule has 7 heteroatoms. The summed E-state index contributed by atoms with van der Waals surface area (Å²) in [6.07, 6.45) is 1.87. The zero-order valence-corrected chi connectivity index (χ0v) is 16.4. The van der Waals surface area contributed by atoms with Gasteiger partial charge in [0.15, 0.2) is 5.82 Å². The fourth-order valence-electron chi connectivity index (χ4n) is 3.57. The van der Waals surface area contributed by atoms with Crippen LogP contribution in [0, 0.1) is 6.92 Å². The molecule has 1 fully saturated rings. The Kier molecular flexibility index (Phi) is 6.45. The van der Waals surface area contributed by atoms with Crippen LogP contribution >= 0.6 is 0 Å². The largest absolute Gasteiger partial charge is 0.339 e. The topological polar surface area (TPSA) is 74.5 Å². The number of rotatable bonds is 7. The van der Waals surface area contributed by atoms with Crippen LogP contribution in [-0.2, 0) is 13.0 Å². The minimum Gasteiger partial charge on any atom is -0.339 e. The zero-order chi connectivity index (χ0) is 19.2. The second-order valence-corrected chi connectivity index (χ2v) is 7.19. The molecule has 3 rings (SSSR count). The van der Waals surface area contributed by atoms with Crippen molar-refractivity contribution in [3.8, 4) is 0 Å². The van der Waals surface area contributed by atoms with Crippen molar-refractivity contribution in [3.63, 3.8) is 0 Å². The third kappa shape index (κ3) is 5.07. The van der Waals surface area contributed by atoms with Crippen molar-refractivity contribution >= 4 is 6.03 Å². The summed E-state index contributed by atoms with van der Waals surface area (Å²) in [5.74, 6) is 1.72. The van der Waals surface area contributed by atoms with Gasteiger partial charge in [-0.2, -0.15) is 4.98 Å². The second kappa shape index (κ2) is 8.99. The van der Waals surface area contributed by atoms with E-state index < -0.39 is 0 Å². The van der Waals surface area contributed by atoms with E-state index in [1.54, 1.807) is 11.9 Å². The van der Waals surface area contributed by atoms with Crippen LogP contribution in [0.4, 0.5) is 4.79 Å². The molecule has 0 radical (unpaired) electrons. The number of carbonyl (C=O) groups excluding carboxylic acids is 1. The van der Waals surface area contributed by atoms with Crippen LogP contribution in [0.15, 0.2) is 28.8 Å². The van der Waals surface area contributed by atoms with E-state index in [9.17, 15) is 4.79 Å². The van der Waals surface area contributed by atoms with Crippen molar-refractivity contribution in [1.29, 1.82) is 0 Å². The first-order chi connectivity index (χ1) is 13.1. The Labute approximate surface area is 160 Å². The van der Waals surface area contributed by atoms with E-state index in [-0.39, 0.29) is 6.03 Å². The van der Waals surface area contributed by atoms with Crippen LogP contribution in [0.2, 0.25) is 0 Å². The van der Waals surface area contributed by atoms with Gasteiger partial charge in [0, 0.05) is 33.1 Å². The number of nitrogens with zero attached hydrogens (tertiary/aromatic N) is 4. The molecule has 0 bridgehead atoms. The van der Waals surface area contributed by atoms with Gasteiger partial charge in [0.1, 0.15) is 0 Å². The number of hydrogen-bond acceptors (Lipinski definition) is 5. The minimum atomic E-state index is -0.118. The van der Waals surface area contributed by atoms with Gasteiger partial charge in [-0.25, -0.2) is 4.79 Å². The molecule has 1 aromatic carbocycles. The van der Waals surface area contributed by atoms with Crippen LogP contribution in [0.5, 0.6) is 0 Å². The number of aryl methyl sites for hydroxylation is 2. The summed E-state index contributed by atoms with van der Waals surface area (Å²) >= 11 is 0. The standard InChI is InChI=1S/C20H29N5O2/c1-4-19-22-18(23-27-19)14-24(3)20(26)21-10-12-25-11-9-16(13-25)17-8-6-5-7-15(17)2/h5-8,16H,4,9-14H2,1-3H3,(H,21,26)/t16-/m1/s1. The van der Waals surface area contributed by atoms with Gasteiger partial charge in [0.2, 0.25) is 5.89 Å². The summed E-state index contributed by atoms with van der Waals surface area (Å²) in [6.45, 7) is 8.11. The van der Waals surface area contributed by atoms with Gasteiger partial charge in [-0.3, -0.25) is 0 Å². The maximum Gasteiger partial charge on any atom is 0.317 e. The van der Waals surface area contributed by atoms with Crippen molar-refractivity contribution in [2.75, 3.05) is 33.2 Å². The molecule has 2 amide bonds. The Morgan fingerprint density at radius 3 is 2.96 bits per heavy atom. The number of nitrogens with one attached hydrogen (secondary N) is 1. The normalized spacial score (nSPS) is 17.2. The monoisotopic (exact) mass is 371 g/mol. The fourth-order valence-corrected chi connectivity index (χ4v) is 3.57. The number of amides is 2. The molecule has 1 aliphatic heterocycles. The highest BCUT2D eigenvalue weighted by Gasteiger charge is 2.24. The summed E-state index contributed by atoms with van der Waals surface area (Å²) in [7, 11) is 1.74. The highest BCUT2D eigenvalue weighted by atomic mass is 16.5. The van der Waals surface area contributed by atoms with Crippen molar-refractivity contribution in [2.24, 2.45) is 0 Å². The third-order valence-electron chi connectivity index (χ3n) is 5.14. The van der Waals surface area contributed by atoms with Gasteiger partial charge in [0.25, 0.3) is 0 Å². The summed E-state index contributed by atoms with van der Waals surface area (Å²) in [4.78, 5) is 20.5. The van der Waals surface area contributed by atoms with Crippen LogP contribution < -0.4 is 5.32 Å². The van der Waals surface area contributed by atoms with Crippen molar-refractivity contribution in [3.05, 3.63) is 47.1 Å². The molecule has 7 nitrogen and oxygen atoms in total. The third-order valence-corrected chi connectivity index (χ3v) is 5.14. The average molecular weight is 371 g/mol. The number of carbonyl (C=O) groups is 1. The molecule has 0 saturated carbocycles. The Morgan fingerprint density at radius 2 is 2.22 bits per heavy atom. The summed E-state index contributed by atoms with van der Waals surface area (Å²) in [6, 6.07) is 8.51. The van der Waals surface area contributed by atoms with Crippen LogP contribution in [0.1, 0.15) is 42.1 Å². The Balaban J connectivity index is 1.39. The van der Waals surface area contributed by atoms with E-state index >= 15 is 0 Å². The Morgan fingerprint density at radius 1 is 1.41 bits per heavy atom. The first-order valence-electron chi connectivity index (χ1n) is 9.65. The maximum absolute atomic E-state index is 12.2. The summed E-state index contributed by atoms with van der Waals surface area (Å²) in [5, 5.41) is 6.86. The van der Waals surface area contributed by atoms with E-state index in [1.165, 1.54) is 17.5 Å². The number of aromatic nitrogens is 2. The molecule has 0 aliphatic carbocycles. The van der Waals surface area contributed by atoms with Crippen LogP contribution in [0.3, 0.4) is 0 Å². The molecular formula is C20H29N5O2. The number of benzene rings is 1. The SMILES string of the molecule is CCc1nc(CN(C)C(=O)NCCN2CC[C@@H](c3ccccc3C)C2)no1. The Hall–Kier alpha value is -2.41. The van der Waals surface area contributed by atoms with E-state index in [0.717, 1.165) is 19.6 Å². The number of urea groups is 1. The lowest BCUT2D eigenvalue weighted by molar-refractivity contribution is 0.203. The molecule has 2 aromatic rings. The molecule has 0 unspecified atom stereocenters. The molecule has 27 heavy (non-hydrogen) atoms. The first kappa shape index (κ1) is 19.4. The van der Waals surface area contributed by atoms with Crippen LogP contribution in [0.25, 0.3) is 0 Å². The lowest BCUT2D eigenvalue weighted by Crippen LogP contribution is -2.40. The van der Waals surface area contributed by atoms with Gasteiger partial charge in [0.05, 0.1) is 6.54 Å². The molecule has 1 saturated heterocycles. The average Bonchev–Trinajstić information content (AvgIpc) is 3.31. The summed E-state index contributed by atoms with van der Waals surface area (Å²) in [5.41, 5.74) is 2.82. The Bertz CT molecular complexity index is 760. The van der Waals surface area contributed by atoms with Gasteiger partial charge >= 0.3 is 6.03 Å². The maximum atomic E-state index is 12.2. The molecule has 2 heterocycles. The quantitative estimate of drug-likeness (QED) is 0.810. The molecule has 1 N–H and O–H groups in total. The highest BCUT2D eigenvalue weighted by molar-refractivity contribution is 5.73. The van der Waals surface area contributed by atoms with Crippen molar-refractivity contribution < 1.29 is 9.32 Å². The second-order valence-electron chi connectivity index (χ2n) is 7.19. The lowest BCUT2D eigenvalue weighted by Gasteiger charge is -2.19. The molecule has 1 aliphatic rings. The molecule has 146 valence electrons. The molecule has 0 spiro atoms. The molecular weight excluding hydrogens is 342 g/mol. The van der Waals surface area contributed by atoms with Gasteiger partial charge in [-0.15, -0.1) is 0 Å². The van der Waals surface area contributed by atoms with Crippen molar-refractivity contribution in [2.45, 2.75) is 39.2 Å². The highest BCUT2D eigenvalue weighted by Crippen LogP contribution is 2.28. The van der Waals surface area contributed by atoms with E-state index in [4.69, 9.17) is 4.52 Å². The lowest BCUT2D eigenvalue weighted by atomic mass is 9.94. The fraction of sp³-hybridized carbons (Fsp3) is 0.550. The predicted molar refractivity (Wildman–Crippen MR) is 104 cm³/mol. The first-order valence-corrected chi connectivity index (χ1v) is 9.65. The summed E-state index contributed by atoms with van der Waals surface area (Å²) < 4.78 is 5.07. The zero-order valence-electron chi connectivity index (χ0n) is 16.4.